The van der Waals surface area contributed by atoms with Gasteiger partial charge in [-0.25, -0.2) is 9.18 Å². The predicted octanol–water partition coefficient (Wildman–Crippen LogP) is 5.58. The number of halogens is 4. The molecule has 2 aliphatic heterocycles. The van der Waals surface area contributed by atoms with Gasteiger partial charge in [-0.05, 0) is 61.3 Å². The van der Waals surface area contributed by atoms with E-state index in [-0.39, 0.29) is 43.1 Å². The van der Waals surface area contributed by atoms with Crippen molar-refractivity contribution in [3.63, 3.8) is 0 Å². The number of carbonyl (C=O) groups is 3. The molecule has 0 aromatic heterocycles. The molecule has 0 saturated carbocycles. The maximum Gasteiger partial charge on any atom is 0.414 e. The van der Waals surface area contributed by atoms with Crippen molar-refractivity contribution >= 4 is 59.2 Å². The second kappa shape index (κ2) is 15.9. The molecule has 1 spiro atoms. The molecule has 0 radical (unpaired) electrons. The molecular weight excluding hydrogens is 680 g/mol. The van der Waals surface area contributed by atoms with Crippen LogP contribution in [0.1, 0.15) is 42.9 Å². The Morgan fingerprint density at radius 3 is 2.44 bits per heavy atom. The molecule has 1 fully saturated rings. The van der Waals surface area contributed by atoms with Crippen LogP contribution >= 0.6 is 35.6 Å². The summed E-state index contributed by atoms with van der Waals surface area (Å²) in [6.45, 7) is 4.03. The minimum Gasteiger partial charge on any atom is -0.437 e. The Morgan fingerprint density at radius 1 is 1.06 bits per heavy atom. The minimum absolute atomic E-state index is 0. The van der Waals surface area contributed by atoms with Gasteiger partial charge in [-0.15, -0.1) is 12.4 Å². The monoisotopic (exact) mass is 719 g/mol. The first kappa shape index (κ1) is 37.4. The van der Waals surface area contributed by atoms with Gasteiger partial charge in [0.25, 0.3) is 0 Å². The molecule has 0 aliphatic carbocycles. The Hall–Kier alpha value is -3.41. The molecule has 4 N–H and O–H groups in total. The van der Waals surface area contributed by atoms with Crippen LogP contribution in [-0.4, -0.2) is 68.6 Å². The summed E-state index contributed by atoms with van der Waals surface area (Å²) in [6, 6.07) is 18.2. The van der Waals surface area contributed by atoms with E-state index in [1.54, 1.807) is 31.3 Å². The fraction of sp³-hybridized carbons (Fsp3) is 0.400. The van der Waals surface area contributed by atoms with Crippen LogP contribution in [0.4, 0.5) is 14.9 Å². The normalized spacial score (nSPS) is 17.4. The molecule has 3 aromatic rings. The van der Waals surface area contributed by atoms with Crippen LogP contribution in [0.2, 0.25) is 10.0 Å². The van der Waals surface area contributed by atoms with Crippen molar-refractivity contribution in [2.75, 3.05) is 44.7 Å². The summed E-state index contributed by atoms with van der Waals surface area (Å²) in [4.78, 5) is 43.8. The fourth-order valence-corrected chi connectivity index (χ4v) is 6.67. The number of anilines is 1. The number of carbonyl (C=O) groups excluding carboxylic acids is 3. The lowest BCUT2D eigenvalue weighted by Gasteiger charge is -2.46. The number of fused-ring (bicyclic) bond motifs is 2. The van der Waals surface area contributed by atoms with E-state index in [1.807, 2.05) is 37.3 Å². The van der Waals surface area contributed by atoms with E-state index >= 15 is 0 Å². The number of hydrogen-bond acceptors (Lipinski definition) is 6. The third kappa shape index (κ3) is 8.06. The summed E-state index contributed by atoms with van der Waals surface area (Å²) in [6.07, 6.45) is 1.16. The lowest BCUT2D eigenvalue weighted by molar-refractivity contribution is -0.132. The number of nitrogens with two attached hydrogens (primary N) is 1. The number of rotatable bonds is 11. The second-order valence-corrected chi connectivity index (χ2v) is 13.2. The Kier molecular flexibility index (Phi) is 12.4. The van der Waals surface area contributed by atoms with Gasteiger partial charge in [0.1, 0.15) is 17.5 Å². The highest BCUT2D eigenvalue weighted by Crippen LogP contribution is 2.45. The number of ether oxygens (including phenoxy) is 1. The van der Waals surface area contributed by atoms with E-state index in [0.717, 1.165) is 5.56 Å². The number of benzene rings is 3. The summed E-state index contributed by atoms with van der Waals surface area (Å²) in [5.41, 5.74) is 6.47. The first-order valence-electron chi connectivity index (χ1n) is 15.7. The highest BCUT2D eigenvalue weighted by molar-refractivity contribution is 6.42. The summed E-state index contributed by atoms with van der Waals surface area (Å²) in [5.74, 6) is -1.04. The van der Waals surface area contributed by atoms with E-state index in [4.69, 9.17) is 33.7 Å². The topological polar surface area (TPSA) is 117 Å². The third-order valence-corrected chi connectivity index (χ3v) is 10.1. The maximum atomic E-state index is 14.3. The van der Waals surface area contributed by atoms with Crippen LogP contribution in [-0.2, 0) is 31.8 Å². The van der Waals surface area contributed by atoms with Crippen LogP contribution in [0.25, 0.3) is 0 Å². The van der Waals surface area contributed by atoms with Crippen LogP contribution < -0.4 is 21.3 Å². The zero-order chi connectivity index (χ0) is 33.8. The largest absolute Gasteiger partial charge is 0.437 e. The van der Waals surface area contributed by atoms with E-state index in [1.165, 1.54) is 17.0 Å². The van der Waals surface area contributed by atoms with E-state index in [2.05, 4.69) is 15.5 Å². The molecule has 0 unspecified atom stereocenters. The van der Waals surface area contributed by atoms with Crippen molar-refractivity contribution in [3.8, 4) is 0 Å². The zero-order valence-corrected chi connectivity index (χ0v) is 29.3. The number of nitrogens with one attached hydrogen (secondary N) is 2. The number of nitrogens with zero attached hydrogens (tertiary/aromatic N) is 2. The number of piperidine rings is 1. The Bertz CT molecular complexity index is 1620. The molecule has 3 aromatic carbocycles. The lowest BCUT2D eigenvalue weighted by atomic mass is 9.77. The van der Waals surface area contributed by atoms with E-state index < -0.39 is 23.2 Å². The van der Waals surface area contributed by atoms with Gasteiger partial charge in [0.05, 0.1) is 21.1 Å². The third-order valence-electron chi connectivity index (χ3n) is 9.37. The number of amides is 3. The summed E-state index contributed by atoms with van der Waals surface area (Å²) in [7, 11) is 1.61. The van der Waals surface area contributed by atoms with Crippen molar-refractivity contribution in [2.45, 2.75) is 49.7 Å². The van der Waals surface area contributed by atoms with Gasteiger partial charge in [0.2, 0.25) is 11.8 Å². The van der Waals surface area contributed by atoms with E-state index in [0.29, 0.717) is 72.2 Å². The fourth-order valence-electron chi connectivity index (χ4n) is 6.37. The highest BCUT2D eigenvalue weighted by Gasteiger charge is 2.47. The van der Waals surface area contributed by atoms with Crippen molar-refractivity contribution < 1.29 is 23.5 Å². The van der Waals surface area contributed by atoms with Gasteiger partial charge in [-0.3, -0.25) is 14.5 Å². The summed E-state index contributed by atoms with van der Waals surface area (Å²) >= 11 is 12.7. The molecule has 3 amide bonds. The molecule has 0 bridgehead atoms. The van der Waals surface area contributed by atoms with Crippen LogP contribution in [0.5, 0.6) is 0 Å². The van der Waals surface area contributed by atoms with Gasteiger partial charge in [-0.2, -0.15) is 0 Å². The average molecular weight is 721 g/mol. The molecule has 2 atom stereocenters. The van der Waals surface area contributed by atoms with Crippen LogP contribution in [0.15, 0.2) is 66.7 Å². The lowest BCUT2D eigenvalue weighted by Crippen LogP contribution is -2.55. The molecule has 2 aliphatic rings. The van der Waals surface area contributed by atoms with Crippen molar-refractivity contribution in [3.05, 3.63) is 99.3 Å². The van der Waals surface area contributed by atoms with Crippen molar-refractivity contribution in [2.24, 2.45) is 5.73 Å². The Balaban J connectivity index is 0.00000520. The predicted molar refractivity (Wildman–Crippen MR) is 188 cm³/mol. The molecule has 258 valence electrons. The minimum atomic E-state index is -1.10. The number of hydrogen-bond donors (Lipinski definition) is 3. The highest BCUT2D eigenvalue weighted by atomic mass is 35.5. The second-order valence-electron chi connectivity index (χ2n) is 12.4. The van der Waals surface area contributed by atoms with Crippen LogP contribution in [0.3, 0.4) is 0 Å². The smallest absolute Gasteiger partial charge is 0.414 e. The quantitative estimate of drug-likeness (QED) is 0.238. The molecule has 2 heterocycles. The standard InChI is InChI=1S/C35H40Cl2FN5O4.ClH/c1-34(24-8-10-27(36)28(37)21-24,32(45)41-29(31(44)40-16-15-39)20-23-6-4-3-5-7-23)12-17-43-18-13-35(14-19-43)26-22-25(38)9-11-30(26)42(2)33(46)47-35;/h3-11,21-22,29H,12-20,39H2,1-2H3,(H,40,44)(H,41,45);1H/t29-,34-;/m0./s1. The molecule has 48 heavy (non-hydrogen) atoms. The van der Waals surface area contributed by atoms with E-state index in [9.17, 15) is 18.8 Å². The first-order chi connectivity index (χ1) is 22.5. The molecule has 1 saturated heterocycles. The Morgan fingerprint density at radius 2 is 1.77 bits per heavy atom. The van der Waals surface area contributed by atoms with Crippen molar-refractivity contribution in [1.82, 2.24) is 15.5 Å². The average Bonchev–Trinajstić information content (AvgIpc) is 3.07. The molecule has 13 heteroatoms. The van der Waals surface area contributed by atoms with Gasteiger partial charge >= 0.3 is 6.09 Å². The summed E-state index contributed by atoms with van der Waals surface area (Å²) in [5, 5.41) is 6.52. The molecule has 5 rings (SSSR count). The van der Waals surface area contributed by atoms with Crippen LogP contribution in [0, 0.1) is 5.82 Å². The van der Waals surface area contributed by atoms with Gasteiger partial charge in [0, 0.05) is 58.1 Å². The molecular formula is C35H41Cl3FN5O4. The first-order valence-corrected chi connectivity index (χ1v) is 16.5. The Labute approximate surface area is 296 Å². The van der Waals surface area contributed by atoms with Gasteiger partial charge in [-0.1, -0.05) is 59.6 Å². The van der Waals surface area contributed by atoms with Crippen molar-refractivity contribution in [1.29, 1.82) is 0 Å². The number of likely N-dealkylation sites (tertiary alicyclic amines) is 1. The maximum absolute atomic E-state index is 14.3. The zero-order valence-electron chi connectivity index (χ0n) is 26.9. The summed E-state index contributed by atoms with van der Waals surface area (Å²) < 4.78 is 20.3. The van der Waals surface area contributed by atoms with Gasteiger partial charge in [0.15, 0.2) is 0 Å². The van der Waals surface area contributed by atoms with Gasteiger partial charge < -0.3 is 26.0 Å². The SMILES string of the molecule is CN1C(=O)OC2(CCN(CC[C@](C)(C(=O)N[C@@H](Cc3ccccc3)C(=O)NCCN)c3ccc(Cl)c(Cl)c3)CC2)c2cc(F)ccc21.Cl. The molecule has 9 nitrogen and oxygen atoms in total.